The Bertz CT molecular complexity index is 2110. The molecule has 0 N–H and O–H groups in total. The van der Waals surface area contributed by atoms with Crippen LogP contribution in [0, 0.1) is 103 Å². The van der Waals surface area contributed by atoms with Gasteiger partial charge in [-0.1, -0.05) is 12.1 Å². The molecule has 0 heterocycles. The van der Waals surface area contributed by atoms with Crippen molar-refractivity contribution in [3.05, 3.63) is 116 Å². The molecular weight excluding hydrogens is 582 g/mol. The predicted molar refractivity (Wildman–Crippen MR) is 140 cm³/mol. The van der Waals surface area contributed by atoms with Gasteiger partial charge in [0.15, 0.2) is 23.3 Å². The van der Waals surface area contributed by atoms with Gasteiger partial charge in [0.1, 0.15) is 59.2 Å². The predicted octanol–water partition coefficient (Wildman–Crippen LogP) is 7.02. The summed E-state index contributed by atoms with van der Waals surface area (Å²) in [5.74, 6) is -8.44. The van der Waals surface area contributed by atoms with Gasteiger partial charge < -0.3 is 0 Å². The molecule has 6 nitrogen and oxygen atoms in total. The van der Waals surface area contributed by atoms with E-state index in [2.05, 4.69) is 0 Å². The van der Waals surface area contributed by atoms with E-state index in [1.165, 1.54) is 24.3 Å². The Balaban J connectivity index is 2.03. The molecule has 2 aliphatic carbocycles. The standard InChI is InChI=1S/C32H6F6N6/c33-19-3-1-13(5-21(19)35)23-17(11-43)27-29(25(23)15(7-39)8-40)32(38)28-18(12-44)24(14-2-4-20(34)22(36)6-14)26(16(9-41)10-42)30(28)31(27)37/h1-6H. The van der Waals surface area contributed by atoms with Crippen LogP contribution in [0.15, 0.2) is 47.5 Å². The Labute approximate surface area is 243 Å². The van der Waals surface area contributed by atoms with E-state index in [0.29, 0.717) is 24.3 Å². The normalized spacial score (nSPS) is 12.8. The van der Waals surface area contributed by atoms with Gasteiger partial charge in [0, 0.05) is 44.5 Å². The molecule has 2 aliphatic rings. The topological polar surface area (TPSA) is 143 Å². The van der Waals surface area contributed by atoms with Gasteiger partial charge in [0.25, 0.3) is 0 Å². The second-order valence-electron chi connectivity index (χ2n) is 9.06. The first-order valence-corrected chi connectivity index (χ1v) is 12.0. The van der Waals surface area contributed by atoms with Gasteiger partial charge in [-0.2, -0.15) is 31.6 Å². The molecule has 0 aliphatic heterocycles. The fourth-order valence-electron chi connectivity index (χ4n) is 5.26. The number of hydrogen-bond donors (Lipinski definition) is 0. The molecular formula is C32H6F6N6. The Morgan fingerprint density at radius 1 is 0.455 bits per heavy atom. The van der Waals surface area contributed by atoms with Gasteiger partial charge in [-0.25, -0.2) is 26.3 Å². The van der Waals surface area contributed by atoms with Crippen LogP contribution >= 0.6 is 0 Å². The van der Waals surface area contributed by atoms with Gasteiger partial charge in [0.05, 0.1) is 11.1 Å². The summed E-state index contributed by atoms with van der Waals surface area (Å²) in [6, 6.07) is 13.7. The molecule has 0 saturated heterocycles. The maximum absolute atomic E-state index is 16.8. The van der Waals surface area contributed by atoms with Crippen LogP contribution < -0.4 is 0 Å². The Morgan fingerprint density at radius 2 is 0.795 bits per heavy atom. The minimum absolute atomic E-state index is 0.336. The summed E-state index contributed by atoms with van der Waals surface area (Å²) in [5.41, 5.74) is -9.63. The molecule has 206 valence electrons. The molecule has 0 aromatic heterocycles. The van der Waals surface area contributed by atoms with E-state index in [4.69, 9.17) is 0 Å². The van der Waals surface area contributed by atoms with Crippen molar-refractivity contribution >= 4 is 33.4 Å². The van der Waals surface area contributed by atoms with E-state index < -0.39 is 102 Å². The summed E-state index contributed by atoms with van der Waals surface area (Å²) in [6.45, 7) is 0. The van der Waals surface area contributed by atoms with E-state index in [0.717, 1.165) is 12.1 Å². The Morgan fingerprint density at radius 3 is 1.07 bits per heavy atom. The summed E-state index contributed by atoms with van der Waals surface area (Å²) in [7, 11) is 0. The van der Waals surface area contributed by atoms with Crippen LogP contribution in [0.3, 0.4) is 0 Å². The van der Waals surface area contributed by atoms with E-state index >= 15 is 8.78 Å². The van der Waals surface area contributed by atoms with Crippen molar-refractivity contribution in [3.63, 3.8) is 0 Å². The number of halogens is 6. The third kappa shape index (κ3) is 3.85. The fourth-order valence-corrected chi connectivity index (χ4v) is 5.26. The summed E-state index contributed by atoms with van der Waals surface area (Å²) in [6.07, 6.45) is 0. The summed E-state index contributed by atoms with van der Waals surface area (Å²) < 4.78 is 89.7. The maximum Gasteiger partial charge on any atom is 0.159 e. The van der Waals surface area contributed by atoms with Crippen LogP contribution in [0.5, 0.6) is 0 Å². The average Bonchev–Trinajstić information content (AvgIpc) is 3.54. The molecule has 3 aromatic rings. The number of hydrogen-bond acceptors (Lipinski definition) is 6. The van der Waals surface area contributed by atoms with Crippen LogP contribution in [-0.2, 0) is 0 Å². The Hall–Kier alpha value is -6.86. The van der Waals surface area contributed by atoms with Crippen molar-refractivity contribution in [3.8, 4) is 36.4 Å². The van der Waals surface area contributed by atoms with Crippen LogP contribution in [-0.4, -0.2) is 0 Å². The van der Waals surface area contributed by atoms with E-state index in [1.54, 1.807) is 12.1 Å². The first kappa shape index (κ1) is 28.7. The monoisotopic (exact) mass is 588 g/mol. The maximum atomic E-state index is 16.8. The highest BCUT2D eigenvalue weighted by atomic mass is 19.2. The molecule has 3 aromatic carbocycles. The van der Waals surface area contributed by atoms with Gasteiger partial charge in [-0.3, -0.25) is 0 Å². The smallest absolute Gasteiger partial charge is 0.159 e. The highest BCUT2D eigenvalue weighted by molar-refractivity contribution is 6.30. The number of nitriles is 6. The van der Waals surface area contributed by atoms with Crippen molar-refractivity contribution in [2.45, 2.75) is 0 Å². The number of nitrogens with zero attached hydrogens (tertiary/aromatic N) is 6. The highest BCUT2D eigenvalue weighted by Gasteiger charge is 2.44. The lowest BCUT2D eigenvalue weighted by Crippen LogP contribution is -2.05. The van der Waals surface area contributed by atoms with Crippen molar-refractivity contribution < 1.29 is 26.3 Å². The summed E-state index contributed by atoms with van der Waals surface area (Å²) >= 11 is 0. The second kappa shape index (κ2) is 10.5. The molecule has 0 unspecified atom stereocenters. The number of benzene rings is 3. The zero-order valence-corrected chi connectivity index (χ0v) is 21.4. The molecule has 5 rings (SSSR count). The van der Waals surface area contributed by atoms with Crippen LogP contribution in [0.4, 0.5) is 26.3 Å². The zero-order chi connectivity index (χ0) is 32.0. The summed E-state index contributed by atoms with van der Waals surface area (Å²) in [5, 5.41) is 59.1. The molecule has 0 bridgehead atoms. The second-order valence-corrected chi connectivity index (χ2v) is 9.06. The summed E-state index contributed by atoms with van der Waals surface area (Å²) in [4.78, 5) is 0. The van der Waals surface area contributed by atoms with Crippen molar-refractivity contribution in [1.82, 2.24) is 0 Å². The quantitative estimate of drug-likeness (QED) is 0.233. The number of fused-ring (bicyclic) bond motifs is 2. The molecule has 0 radical (unpaired) electrons. The van der Waals surface area contributed by atoms with Crippen LogP contribution in [0.2, 0.25) is 0 Å². The third-order valence-electron chi connectivity index (χ3n) is 6.97. The molecule has 12 heteroatoms. The lowest BCUT2D eigenvalue weighted by atomic mass is 9.89. The molecule has 44 heavy (non-hydrogen) atoms. The third-order valence-corrected chi connectivity index (χ3v) is 6.97. The van der Waals surface area contributed by atoms with Crippen molar-refractivity contribution in [2.75, 3.05) is 0 Å². The lowest BCUT2D eigenvalue weighted by Gasteiger charge is -2.14. The van der Waals surface area contributed by atoms with Crippen LogP contribution in [0.1, 0.15) is 33.4 Å². The largest absolute Gasteiger partial charge is 0.206 e. The highest BCUT2D eigenvalue weighted by Crippen LogP contribution is 2.57. The number of rotatable bonds is 2. The van der Waals surface area contributed by atoms with Crippen LogP contribution in [0.25, 0.3) is 33.4 Å². The molecule has 0 fully saturated rings. The van der Waals surface area contributed by atoms with Gasteiger partial charge >= 0.3 is 0 Å². The van der Waals surface area contributed by atoms with Crippen molar-refractivity contribution in [1.29, 1.82) is 31.6 Å². The average molecular weight is 588 g/mol. The minimum atomic E-state index is -1.48. The van der Waals surface area contributed by atoms with E-state index in [-0.39, 0.29) is 11.1 Å². The first-order chi connectivity index (χ1) is 21.1. The minimum Gasteiger partial charge on any atom is -0.206 e. The molecule has 0 spiro atoms. The zero-order valence-electron chi connectivity index (χ0n) is 21.4. The Kier molecular flexibility index (Phi) is 6.85. The fraction of sp³-hybridized carbons (Fsp3) is 0. The van der Waals surface area contributed by atoms with Gasteiger partial charge in [0.2, 0.25) is 0 Å². The first-order valence-electron chi connectivity index (χ1n) is 12.0. The molecule has 0 atom stereocenters. The van der Waals surface area contributed by atoms with E-state index in [9.17, 15) is 49.1 Å². The lowest BCUT2D eigenvalue weighted by molar-refractivity contribution is 0.508. The van der Waals surface area contributed by atoms with Gasteiger partial charge in [-0.05, 0) is 35.4 Å². The van der Waals surface area contributed by atoms with Gasteiger partial charge in [-0.15, -0.1) is 0 Å². The SMILES string of the molecule is N#CC(C#N)=C1C(c2ccc(F)c(F)c2)=C(C#N)c2c(F)c3c(c(F)c21)C(C#N)=C(c1ccc(F)c(F)c1)C3=C(C#N)C#N. The molecule has 0 amide bonds. The number of allylic oxidation sites excluding steroid dienone is 8. The van der Waals surface area contributed by atoms with E-state index in [1.807, 2.05) is 0 Å². The molecule has 0 saturated carbocycles. The van der Waals surface area contributed by atoms with Crippen molar-refractivity contribution in [2.24, 2.45) is 0 Å².